The molecule has 2 atom stereocenters. The Morgan fingerprint density at radius 3 is 2.42 bits per heavy atom. The van der Waals surface area contributed by atoms with Crippen molar-refractivity contribution < 1.29 is 4.39 Å². The lowest BCUT2D eigenvalue weighted by atomic mass is 10.1. The molecular formula is C15H15ClFNS. The van der Waals surface area contributed by atoms with Crippen LogP contribution in [-0.2, 0) is 0 Å². The van der Waals surface area contributed by atoms with Crippen molar-refractivity contribution in [2.45, 2.75) is 23.1 Å². The number of benzene rings is 2. The van der Waals surface area contributed by atoms with Crippen molar-refractivity contribution in [1.82, 2.24) is 0 Å². The normalized spacial score (nSPS) is 14.1. The standard InChI is InChI=1S/C15H15ClFNS/c1-10(18)15(11-5-7-13(17)8-6-11)19-14-4-2-3-12(16)9-14/h2-10,15H,18H2,1H3. The Morgan fingerprint density at radius 1 is 1.16 bits per heavy atom. The first-order valence-electron chi connectivity index (χ1n) is 5.99. The molecule has 0 fully saturated rings. The van der Waals surface area contributed by atoms with Crippen LogP contribution in [0.5, 0.6) is 0 Å². The van der Waals surface area contributed by atoms with Crippen molar-refractivity contribution in [2.75, 3.05) is 0 Å². The lowest BCUT2D eigenvalue weighted by Crippen LogP contribution is -2.22. The number of rotatable bonds is 4. The molecule has 2 aromatic carbocycles. The van der Waals surface area contributed by atoms with Gasteiger partial charge in [0.2, 0.25) is 0 Å². The highest BCUT2D eigenvalue weighted by Crippen LogP contribution is 2.37. The molecular weight excluding hydrogens is 281 g/mol. The van der Waals surface area contributed by atoms with Crippen molar-refractivity contribution in [3.8, 4) is 0 Å². The van der Waals surface area contributed by atoms with Gasteiger partial charge in [0.15, 0.2) is 0 Å². The van der Waals surface area contributed by atoms with E-state index >= 15 is 0 Å². The molecule has 2 N–H and O–H groups in total. The topological polar surface area (TPSA) is 26.0 Å². The van der Waals surface area contributed by atoms with Crippen LogP contribution in [0.25, 0.3) is 0 Å². The van der Waals surface area contributed by atoms with E-state index in [4.69, 9.17) is 17.3 Å². The van der Waals surface area contributed by atoms with Crippen LogP contribution in [0, 0.1) is 5.82 Å². The van der Waals surface area contributed by atoms with Gasteiger partial charge in [-0.2, -0.15) is 0 Å². The molecule has 0 radical (unpaired) electrons. The second kappa shape index (κ2) is 6.42. The van der Waals surface area contributed by atoms with Crippen LogP contribution in [0.1, 0.15) is 17.7 Å². The molecule has 2 unspecified atom stereocenters. The minimum absolute atomic E-state index is 0.0468. The molecule has 4 heteroatoms. The molecule has 2 aromatic rings. The molecule has 2 rings (SSSR count). The molecule has 0 spiro atoms. The van der Waals surface area contributed by atoms with E-state index in [0.717, 1.165) is 10.5 Å². The molecule has 0 aliphatic heterocycles. The lowest BCUT2D eigenvalue weighted by molar-refractivity contribution is 0.625. The summed E-state index contributed by atoms with van der Waals surface area (Å²) in [6, 6.07) is 14.1. The van der Waals surface area contributed by atoms with E-state index in [9.17, 15) is 4.39 Å². The van der Waals surface area contributed by atoms with Crippen LogP contribution in [0.4, 0.5) is 4.39 Å². The molecule has 1 nitrogen and oxygen atoms in total. The van der Waals surface area contributed by atoms with Gasteiger partial charge >= 0.3 is 0 Å². The van der Waals surface area contributed by atoms with E-state index in [2.05, 4.69) is 0 Å². The number of halogens is 2. The van der Waals surface area contributed by atoms with E-state index in [1.165, 1.54) is 12.1 Å². The van der Waals surface area contributed by atoms with Crippen LogP contribution in [0.2, 0.25) is 5.02 Å². The molecule has 0 amide bonds. The van der Waals surface area contributed by atoms with Crippen LogP contribution in [0.15, 0.2) is 53.4 Å². The van der Waals surface area contributed by atoms with Gasteiger partial charge in [0, 0.05) is 21.2 Å². The Labute approximate surface area is 122 Å². The highest BCUT2D eigenvalue weighted by Gasteiger charge is 2.17. The fourth-order valence-electron chi connectivity index (χ4n) is 1.82. The highest BCUT2D eigenvalue weighted by molar-refractivity contribution is 7.99. The van der Waals surface area contributed by atoms with Crippen molar-refractivity contribution >= 4 is 23.4 Å². The molecule has 0 heterocycles. The lowest BCUT2D eigenvalue weighted by Gasteiger charge is -2.21. The minimum atomic E-state index is -0.236. The highest BCUT2D eigenvalue weighted by atomic mass is 35.5. The first kappa shape index (κ1) is 14.4. The van der Waals surface area contributed by atoms with E-state index < -0.39 is 0 Å². The minimum Gasteiger partial charge on any atom is -0.327 e. The van der Waals surface area contributed by atoms with Gasteiger partial charge in [-0.3, -0.25) is 0 Å². The number of hydrogen-bond donors (Lipinski definition) is 1. The van der Waals surface area contributed by atoms with E-state index in [1.54, 1.807) is 23.9 Å². The van der Waals surface area contributed by atoms with Gasteiger partial charge in [0.25, 0.3) is 0 Å². The monoisotopic (exact) mass is 295 g/mol. The summed E-state index contributed by atoms with van der Waals surface area (Å²) in [4.78, 5) is 1.05. The van der Waals surface area contributed by atoms with Crippen molar-refractivity contribution in [2.24, 2.45) is 5.73 Å². The number of hydrogen-bond acceptors (Lipinski definition) is 2. The average Bonchev–Trinajstić information content (AvgIpc) is 2.37. The van der Waals surface area contributed by atoms with Crippen LogP contribution >= 0.6 is 23.4 Å². The maximum Gasteiger partial charge on any atom is 0.123 e. The van der Waals surface area contributed by atoms with Crippen molar-refractivity contribution in [3.63, 3.8) is 0 Å². The molecule has 0 saturated carbocycles. The zero-order chi connectivity index (χ0) is 13.8. The molecule has 100 valence electrons. The summed E-state index contributed by atoms with van der Waals surface area (Å²) in [5.74, 6) is -0.236. The Hall–Kier alpha value is -1.03. The van der Waals surface area contributed by atoms with Crippen molar-refractivity contribution in [1.29, 1.82) is 0 Å². The Bertz CT molecular complexity index is 542. The fourth-order valence-corrected chi connectivity index (χ4v) is 3.23. The third kappa shape index (κ3) is 3.96. The van der Waals surface area contributed by atoms with Crippen LogP contribution in [0.3, 0.4) is 0 Å². The summed E-state index contributed by atoms with van der Waals surface area (Å²) >= 11 is 7.62. The van der Waals surface area contributed by atoms with Gasteiger partial charge in [-0.25, -0.2) is 4.39 Å². The number of nitrogens with two attached hydrogens (primary N) is 1. The van der Waals surface area contributed by atoms with Gasteiger partial charge in [-0.15, -0.1) is 11.8 Å². The predicted molar refractivity (Wildman–Crippen MR) is 80.1 cm³/mol. The summed E-state index contributed by atoms with van der Waals surface area (Å²) in [6.45, 7) is 1.95. The first-order chi connectivity index (χ1) is 9.06. The maximum atomic E-state index is 13.0. The van der Waals surface area contributed by atoms with Crippen LogP contribution in [-0.4, -0.2) is 6.04 Å². The summed E-state index contributed by atoms with van der Waals surface area (Å²) in [6.07, 6.45) is 0. The molecule has 0 bridgehead atoms. The second-order valence-corrected chi connectivity index (χ2v) is 6.06. The summed E-state index contributed by atoms with van der Waals surface area (Å²) in [5, 5.41) is 0.770. The molecule has 0 aliphatic carbocycles. The predicted octanol–water partition coefficient (Wildman–Crippen LogP) is 4.66. The van der Waals surface area contributed by atoms with E-state index in [-0.39, 0.29) is 17.1 Å². The average molecular weight is 296 g/mol. The first-order valence-corrected chi connectivity index (χ1v) is 7.25. The Balaban J connectivity index is 2.23. The quantitative estimate of drug-likeness (QED) is 0.830. The zero-order valence-electron chi connectivity index (χ0n) is 10.5. The summed E-state index contributed by atoms with van der Waals surface area (Å²) in [7, 11) is 0. The van der Waals surface area contributed by atoms with Crippen molar-refractivity contribution in [3.05, 3.63) is 64.9 Å². The van der Waals surface area contributed by atoms with Gasteiger partial charge in [0.05, 0.1) is 0 Å². The third-order valence-electron chi connectivity index (χ3n) is 2.74. The van der Waals surface area contributed by atoms with Gasteiger partial charge in [0.1, 0.15) is 5.82 Å². The smallest absolute Gasteiger partial charge is 0.123 e. The molecule has 19 heavy (non-hydrogen) atoms. The van der Waals surface area contributed by atoms with E-state index in [0.29, 0.717) is 5.02 Å². The van der Waals surface area contributed by atoms with Gasteiger partial charge in [-0.05, 0) is 42.8 Å². The Morgan fingerprint density at radius 2 is 1.84 bits per heavy atom. The van der Waals surface area contributed by atoms with Crippen LogP contribution < -0.4 is 5.73 Å². The maximum absolute atomic E-state index is 13.0. The molecule has 0 saturated heterocycles. The summed E-state index contributed by atoms with van der Waals surface area (Å²) < 4.78 is 13.0. The number of thioether (sulfide) groups is 1. The zero-order valence-corrected chi connectivity index (χ0v) is 12.1. The largest absolute Gasteiger partial charge is 0.327 e. The van der Waals surface area contributed by atoms with E-state index in [1.807, 2.05) is 31.2 Å². The molecule has 0 aromatic heterocycles. The third-order valence-corrected chi connectivity index (χ3v) is 4.45. The SMILES string of the molecule is CC(N)C(Sc1cccc(Cl)c1)c1ccc(F)cc1. The fraction of sp³-hybridized carbons (Fsp3) is 0.200. The second-order valence-electron chi connectivity index (χ2n) is 4.41. The van der Waals surface area contributed by atoms with Gasteiger partial charge in [-0.1, -0.05) is 29.8 Å². The molecule has 0 aliphatic rings. The summed E-state index contributed by atoms with van der Waals surface area (Å²) in [5.41, 5.74) is 7.06. The van der Waals surface area contributed by atoms with Gasteiger partial charge < -0.3 is 5.73 Å². The Kier molecular flexibility index (Phi) is 4.86.